The lowest BCUT2D eigenvalue weighted by atomic mass is 9.97. The Hall–Kier alpha value is -4.31. The van der Waals surface area contributed by atoms with Crippen LogP contribution in [0.1, 0.15) is 43.9 Å². The van der Waals surface area contributed by atoms with Gasteiger partial charge < -0.3 is 28.8 Å². The Balaban J connectivity index is 1.70. The maximum absolute atomic E-state index is 13.3. The van der Waals surface area contributed by atoms with Crippen molar-refractivity contribution < 1.29 is 43.2 Å². The van der Waals surface area contributed by atoms with Crippen LogP contribution in [0.5, 0.6) is 0 Å². The fourth-order valence-electron chi connectivity index (χ4n) is 4.29. The van der Waals surface area contributed by atoms with Gasteiger partial charge in [0.15, 0.2) is 24.6 Å². The van der Waals surface area contributed by atoms with Gasteiger partial charge in [0, 0.05) is 0 Å². The highest BCUT2D eigenvalue weighted by Gasteiger charge is 2.53. The molecule has 5 unspecified atom stereocenters. The van der Waals surface area contributed by atoms with E-state index in [1.807, 2.05) is 0 Å². The number of hydrogen-bond acceptors (Lipinski definition) is 9. The normalized spacial score (nSPS) is 21.8. The second-order valence-electron chi connectivity index (χ2n) is 9.24. The van der Waals surface area contributed by atoms with Gasteiger partial charge in [0.05, 0.1) is 29.9 Å². The molecule has 1 saturated heterocycles. The minimum absolute atomic E-state index is 0.196. The average Bonchev–Trinajstić information content (AvgIpc) is 3.02. The zero-order valence-electron chi connectivity index (χ0n) is 22.4. The molecule has 0 aromatic heterocycles. The summed E-state index contributed by atoms with van der Waals surface area (Å²) in [4.78, 5) is 39.6. The van der Waals surface area contributed by atoms with E-state index in [9.17, 15) is 19.5 Å². The first kappa shape index (κ1) is 29.7. The van der Waals surface area contributed by atoms with Gasteiger partial charge in [-0.15, -0.1) is 6.58 Å². The molecule has 9 nitrogen and oxygen atoms in total. The first-order valence-electron chi connectivity index (χ1n) is 13.3. The molecule has 3 aromatic carbocycles. The molecule has 0 saturated carbocycles. The number of unbranched alkanes of at least 4 members (excludes halogenated alkanes) is 1. The Bertz CT molecular complexity index is 1280. The number of rotatable bonds is 12. The van der Waals surface area contributed by atoms with Gasteiger partial charge in [-0.05, 0) is 49.2 Å². The molecule has 1 aliphatic rings. The molecular weight excluding hydrogens is 528 g/mol. The maximum Gasteiger partial charge on any atom is 0.338 e. The minimum Gasteiger partial charge on any atom is -0.452 e. The molecule has 9 heteroatoms. The Morgan fingerprint density at radius 2 is 1.15 bits per heavy atom. The standard InChI is InChI=1S/C32H32O9/c1-2-3-13-20-37-32-28(41-31(36)24-18-11-6-12-19-24)27(40-30(35)23-16-9-5-10-17-23)26(25(21-33)38-32)39-29(34)22-14-7-4-8-15-22/h2,4-12,14-19,25-28,32-33H,1,3,13,20-21H2. The van der Waals surface area contributed by atoms with Gasteiger partial charge >= 0.3 is 17.9 Å². The van der Waals surface area contributed by atoms with E-state index >= 15 is 0 Å². The van der Waals surface area contributed by atoms with E-state index in [0.717, 1.165) is 0 Å². The zero-order chi connectivity index (χ0) is 29.0. The summed E-state index contributed by atoms with van der Waals surface area (Å²) in [5.74, 6) is -2.21. The van der Waals surface area contributed by atoms with Crippen LogP contribution in [-0.4, -0.2) is 66.9 Å². The van der Waals surface area contributed by atoms with Gasteiger partial charge in [0.1, 0.15) is 6.10 Å². The first-order chi connectivity index (χ1) is 20.0. The molecule has 1 aliphatic heterocycles. The monoisotopic (exact) mass is 560 g/mol. The highest BCUT2D eigenvalue weighted by Crippen LogP contribution is 2.31. The summed E-state index contributed by atoms with van der Waals surface area (Å²) >= 11 is 0. The van der Waals surface area contributed by atoms with E-state index in [2.05, 4.69) is 6.58 Å². The molecular formula is C32H32O9. The summed E-state index contributed by atoms with van der Waals surface area (Å²) in [5.41, 5.74) is 0.704. The van der Waals surface area contributed by atoms with E-state index in [-0.39, 0.29) is 23.3 Å². The van der Waals surface area contributed by atoms with Crippen LogP contribution in [0.2, 0.25) is 0 Å². The predicted molar refractivity (Wildman–Crippen MR) is 148 cm³/mol. The minimum atomic E-state index is -1.39. The van der Waals surface area contributed by atoms with E-state index in [1.165, 1.54) is 0 Å². The third-order valence-corrected chi connectivity index (χ3v) is 6.36. The fraction of sp³-hybridized carbons (Fsp3) is 0.281. The number of allylic oxidation sites excluding steroid dienone is 1. The molecule has 0 amide bonds. The van der Waals surface area contributed by atoms with Crippen molar-refractivity contribution in [1.82, 2.24) is 0 Å². The van der Waals surface area contributed by atoms with Crippen molar-refractivity contribution in [1.29, 1.82) is 0 Å². The maximum atomic E-state index is 13.3. The number of carbonyl (C=O) groups is 3. The summed E-state index contributed by atoms with van der Waals surface area (Å²) in [6.45, 7) is 3.30. The summed E-state index contributed by atoms with van der Waals surface area (Å²) in [6, 6.07) is 24.6. The number of ether oxygens (including phenoxy) is 5. The Morgan fingerprint density at radius 3 is 1.59 bits per heavy atom. The Kier molecular flexibility index (Phi) is 10.8. The average molecular weight is 561 g/mol. The summed E-state index contributed by atoms with van der Waals surface area (Å²) in [7, 11) is 0. The van der Waals surface area contributed by atoms with Crippen LogP contribution in [-0.2, 0) is 23.7 Å². The molecule has 0 spiro atoms. The Morgan fingerprint density at radius 1 is 0.707 bits per heavy atom. The summed E-state index contributed by atoms with van der Waals surface area (Å²) < 4.78 is 29.4. The molecule has 0 radical (unpaired) electrons. The largest absolute Gasteiger partial charge is 0.452 e. The van der Waals surface area contributed by atoms with Crippen molar-refractivity contribution >= 4 is 17.9 Å². The van der Waals surface area contributed by atoms with Gasteiger partial charge in [-0.25, -0.2) is 14.4 Å². The van der Waals surface area contributed by atoms with Crippen molar-refractivity contribution in [3.63, 3.8) is 0 Å². The highest BCUT2D eigenvalue weighted by molar-refractivity contribution is 5.91. The van der Waals surface area contributed by atoms with E-state index in [4.69, 9.17) is 23.7 Å². The Labute approximate surface area is 238 Å². The van der Waals surface area contributed by atoms with Gasteiger partial charge in [-0.3, -0.25) is 0 Å². The van der Waals surface area contributed by atoms with Crippen molar-refractivity contribution in [2.24, 2.45) is 0 Å². The number of aliphatic hydroxyl groups excluding tert-OH is 1. The number of benzene rings is 3. The first-order valence-corrected chi connectivity index (χ1v) is 13.3. The second-order valence-corrected chi connectivity index (χ2v) is 9.24. The summed E-state index contributed by atoms with van der Waals surface area (Å²) in [6.07, 6.45) is -3.51. The van der Waals surface area contributed by atoms with Gasteiger partial charge in [0.2, 0.25) is 0 Å². The van der Waals surface area contributed by atoms with Crippen molar-refractivity contribution in [3.05, 3.63) is 120 Å². The number of carbonyl (C=O) groups excluding carboxylic acids is 3. The van der Waals surface area contributed by atoms with Crippen molar-refractivity contribution in [2.45, 2.75) is 43.5 Å². The van der Waals surface area contributed by atoms with Crippen LogP contribution in [0.15, 0.2) is 104 Å². The molecule has 41 heavy (non-hydrogen) atoms. The van der Waals surface area contributed by atoms with E-state index < -0.39 is 55.2 Å². The molecule has 1 N–H and O–H groups in total. The topological polar surface area (TPSA) is 118 Å². The van der Waals surface area contributed by atoms with Crippen molar-refractivity contribution in [3.8, 4) is 0 Å². The van der Waals surface area contributed by atoms with Crippen LogP contribution in [0.25, 0.3) is 0 Å². The number of hydrogen-bond donors (Lipinski definition) is 1. The lowest BCUT2D eigenvalue weighted by Gasteiger charge is -2.44. The molecule has 5 atom stereocenters. The van der Waals surface area contributed by atoms with Crippen LogP contribution in [0.4, 0.5) is 0 Å². The van der Waals surface area contributed by atoms with Crippen LogP contribution in [0.3, 0.4) is 0 Å². The van der Waals surface area contributed by atoms with Gasteiger partial charge in [-0.1, -0.05) is 60.7 Å². The molecule has 1 fully saturated rings. The third kappa shape index (κ3) is 7.88. The number of aliphatic hydroxyl groups is 1. The summed E-state index contributed by atoms with van der Waals surface area (Å²) in [5, 5.41) is 10.3. The molecule has 214 valence electrons. The lowest BCUT2D eigenvalue weighted by Crippen LogP contribution is -2.63. The third-order valence-electron chi connectivity index (χ3n) is 6.36. The smallest absolute Gasteiger partial charge is 0.338 e. The van der Waals surface area contributed by atoms with Crippen LogP contribution in [0, 0.1) is 0 Å². The number of esters is 3. The second kappa shape index (κ2) is 14.9. The SMILES string of the molecule is C=CCCCOC1OC(CO)C(OC(=O)c2ccccc2)C(OC(=O)c2ccccc2)C1OC(=O)c1ccccc1. The molecule has 1 heterocycles. The molecule has 3 aromatic rings. The predicted octanol–water partition coefficient (Wildman–Crippen LogP) is 4.36. The molecule has 0 aliphatic carbocycles. The van der Waals surface area contributed by atoms with E-state index in [1.54, 1.807) is 97.1 Å². The van der Waals surface area contributed by atoms with Gasteiger partial charge in [-0.2, -0.15) is 0 Å². The molecule has 0 bridgehead atoms. The van der Waals surface area contributed by atoms with Gasteiger partial charge in [0.25, 0.3) is 0 Å². The molecule has 4 rings (SSSR count). The van der Waals surface area contributed by atoms with Crippen LogP contribution >= 0.6 is 0 Å². The fourth-order valence-corrected chi connectivity index (χ4v) is 4.29. The lowest BCUT2D eigenvalue weighted by molar-refractivity contribution is -0.298. The quantitative estimate of drug-likeness (QED) is 0.149. The van der Waals surface area contributed by atoms with Crippen LogP contribution < -0.4 is 0 Å². The van der Waals surface area contributed by atoms with E-state index in [0.29, 0.717) is 12.8 Å². The van der Waals surface area contributed by atoms with Crippen molar-refractivity contribution in [2.75, 3.05) is 13.2 Å². The zero-order valence-corrected chi connectivity index (χ0v) is 22.4. The highest BCUT2D eigenvalue weighted by atomic mass is 16.7.